The van der Waals surface area contributed by atoms with Gasteiger partial charge in [0.05, 0.1) is 18.0 Å². The monoisotopic (exact) mass is 292 g/mol. The van der Waals surface area contributed by atoms with Crippen LogP contribution >= 0.6 is 11.6 Å². The number of hydrogen-bond acceptors (Lipinski definition) is 3. The van der Waals surface area contributed by atoms with Crippen molar-refractivity contribution in [1.29, 1.82) is 0 Å². The second kappa shape index (κ2) is 5.75. The van der Waals surface area contributed by atoms with Crippen LogP contribution in [-0.2, 0) is 0 Å². The van der Waals surface area contributed by atoms with Crippen molar-refractivity contribution in [3.8, 4) is 17.2 Å². The third-order valence-electron chi connectivity index (χ3n) is 3.62. The molecule has 0 radical (unpaired) electrons. The van der Waals surface area contributed by atoms with E-state index in [0.29, 0.717) is 10.9 Å². The van der Waals surface area contributed by atoms with Crippen LogP contribution in [0.5, 0.6) is 11.5 Å². The van der Waals surface area contributed by atoms with Crippen molar-refractivity contribution in [3.05, 3.63) is 35.6 Å². The van der Waals surface area contributed by atoms with Gasteiger partial charge in [-0.1, -0.05) is 18.0 Å². The van der Waals surface area contributed by atoms with Crippen LogP contribution < -0.4 is 4.74 Å². The molecule has 2 aromatic rings. The molecule has 0 unspecified atom stereocenters. The lowest BCUT2D eigenvalue weighted by Gasteiger charge is -2.22. The summed E-state index contributed by atoms with van der Waals surface area (Å²) < 4.78 is 7.56. The number of rotatable bonds is 3. The summed E-state index contributed by atoms with van der Waals surface area (Å²) in [5, 5.41) is 14.0. The maximum atomic E-state index is 9.31. The van der Waals surface area contributed by atoms with Crippen molar-refractivity contribution < 1.29 is 9.84 Å². The standard InChI is InChI=1S/C15H17ClN2O2/c16-15-14(20-13-4-2-1-3-5-13)10-17-18(15)11-6-8-12(19)9-7-11/h6-10,13,19H,1-5H2. The number of hydrogen-bond donors (Lipinski definition) is 1. The van der Waals surface area contributed by atoms with Gasteiger partial charge in [-0.3, -0.25) is 0 Å². The molecule has 1 aliphatic rings. The van der Waals surface area contributed by atoms with Crippen LogP contribution in [0.1, 0.15) is 32.1 Å². The Bertz CT molecular complexity index is 574. The predicted octanol–water partition coefficient (Wildman–Crippen LogP) is 3.94. The Balaban J connectivity index is 1.79. The quantitative estimate of drug-likeness (QED) is 0.932. The maximum Gasteiger partial charge on any atom is 0.177 e. The molecule has 1 N–H and O–H groups in total. The van der Waals surface area contributed by atoms with E-state index in [2.05, 4.69) is 5.10 Å². The number of phenolic OH excluding ortho intramolecular Hbond substituents is 1. The summed E-state index contributed by atoms with van der Waals surface area (Å²) in [6.45, 7) is 0. The fourth-order valence-corrected chi connectivity index (χ4v) is 2.77. The van der Waals surface area contributed by atoms with Crippen LogP contribution in [0.3, 0.4) is 0 Å². The van der Waals surface area contributed by atoms with Crippen LogP contribution in [0, 0.1) is 0 Å². The number of benzene rings is 1. The minimum Gasteiger partial charge on any atom is -0.508 e. The normalized spacial score (nSPS) is 16.2. The van der Waals surface area contributed by atoms with E-state index in [0.717, 1.165) is 18.5 Å². The summed E-state index contributed by atoms with van der Waals surface area (Å²) in [5.41, 5.74) is 0.797. The van der Waals surface area contributed by atoms with E-state index in [4.69, 9.17) is 16.3 Å². The van der Waals surface area contributed by atoms with Crippen molar-refractivity contribution in [1.82, 2.24) is 9.78 Å². The molecule has 1 aliphatic carbocycles. The van der Waals surface area contributed by atoms with E-state index in [-0.39, 0.29) is 11.9 Å². The molecule has 1 saturated carbocycles. The fourth-order valence-electron chi connectivity index (χ4n) is 2.53. The van der Waals surface area contributed by atoms with Crippen LogP contribution in [0.2, 0.25) is 5.15 Å². The van der Waals surface area contributed by atoms with Crippen LogP contribution in [0.25, 0.3) is 5.69 Å². The second-order valence-electron chi connectivity index (χ2n) is 5.11. The fraction of sp³-hybridized carbons (Fsp3) is 0.400. The van der Waals surface area contributed by atoms with Crippen LogP contribution in [0.15, 0.2) is 30.5 Å². The van der Waals surface area contributed by atoms with Gasteiger partial charge in [0.2, 0.25) is 0 Å². The van der Waals surface area contributed by atoms with Crippen molar-refractivity contribution in [2.75, 3.05) is 0 Å². The van der Waals surface area contributed by atoms with Crippen molar-refractivity contribution in [3.63, 3.8) is 0 Å². The highest BCUT2D eigenvalue weighted by Gasteiger charge is 2.18. The molecule has 0 atom stereocenters. The molecule has 0 saturated heterocycles. The van der Waals surface area contributed by atoms with E-state index in [1.807, 2.05) is 0 Å². The third-order valence-corrected chi connectivity index (χ3v) is 3.97. The summed E-state index contributed by atoms with van der Waals surface area (Å²) >= 11 is 6.33. The first-order valence-corrected chi connectivity index (χ1v) is 7.31. The summed E-state index contributed by atoms with van der Waals surface area (Å²) in [7, 11) is 0. The lowest BCUT2D eigenvalue weighted by Crippen LogP contribution is -2.19. The molecule has 1 aromatic carbocycles. The van der Waals surface area contributed by atoms with Gasteiger partial charge in [0.25, 0.3) is 0 Å². The Kier molecular flexibility index (Phi) is 3.83. The van der Waals surface area contributed by atoms with Gasteiger partial charge < -0.3 is 9.84 Å². The molecule has 1 aromatic heterocycles. The molecule has 106 valence electrons. The Hall–Kier alpha value is -1.68. The lowest BCUT2D eigenvalue weighted by atomic mass is 9.98. The van der Waals surface area contributed by atoms with Gasteiger partial charge in [-0.15, -0.1) is 0 Å². The van der Waals surface area contributed by atoms with E-state index in [9.17, 15) is 5.11 Å². The van der Waals surface area contributed by atoms with Crippen LogP contribution in [-0.4, -0.2) is 21.0 Å². The highest BCUT2D eigenvalue weighted by molar-refractivity contribution is 6.31. The lowest BCUT2D eigenvalue weighted by molar-refractivity contribution is 0.155. The van der Waals surface area contributed by atoms with E-state index >= 15 is 0 Å². The van der Waals surface area contributed by atoms with Crippen molar-refractivity contribution in [2.24, 2.45) is 0 Å². The molecule has 1 fully saturated rings. The summed E-state index contributed by atoms with van der Waals surface area (Å²) in [6, 6.07) is 6.74. The Morgan fingerprint density at radius 3 is 2.55 bits per heavy atom. The topological polar surface area (TPSA) is 47.3 Å². The molecule has 0 bridgehead atoms. The second-order valence-corrected chi connectivity index (χ2v) is 5.46. The zero-order chi connectivity index (χ0) is 13.9. The minimum atomic E-state index is 0.218. The Labute approximate surface area is 122 Å². The Morgan fingerprint density at radius 2 is 1.85 bits per heavy atom. The Morgan fingerprint density at radius 1 is 1.15 bits per heavy atom. The van der Waals surface area contributed by atoms with Crippen molar-refractivity contribution >= 4 is 11.6 Å². The van der Waals surface area contributed by atoms with Crippen LogP contribution in [0.4, 0.5) is 0 Å². The van der Waals surface area contributed by atoms with Gasteiger partial charge in [0, 0.05) is 0 Å². The molecule has 0 aliphatic heterocycles. The molecule has 0 spiro atoms. The average Bonchev–Trinajstić information content (AvgIpc) is 2.83. The first-order valence-electron chi connectivity index (χ1n) is 6.93. The summed E-state index contributed by atoms with van der Waals surface area (Å²) in [6.07, 6.45) is 7.80. The molecule has 3 rings (SSSR count). The van der Waals surface area contributed by atoms with Gasteiger partial charge in [0.15, 0.2) is 10.9 Å². The molecule has 5 heteroatoms. The van der Waals surface area contributed by atoms with E-state index < -0.39 is 0 Å². The van der Waals surface area contributed by atoms with Gasteiger partial charge in [-0.05, 0) is 49.9 Å². The summed E-state index contributed by atoms with van der Waals surface area (Å²) in [5.74, 6) is 0.849. The minimum absolute atomic E-state index is 0.218. The number of phenols is 1. The number of aromatic hydroxyl groups is 1. The number of halogens is 1. The van der Waals surface area contributed by atoms with E-state index in [1.54, 1.807) is 35.1 Å². The molecule has 20 heavy (non-hydrogen) atoms. The average molecular weight is 293 g/mol. The molecular weight excluding hydrogens is 276 g/mol. The van der Waals surface area contributed by atoms with Gasteiger partial charge >= 0.3 is 0 Å². The van der Waals surface area contributed by atoms with Crippen molar-refractivity contribution in [2.45, 2.75) is 38.2 Å². The summed E-state index contributed by atoms with van der Waals surface area (Å²) in [4.78, 5) is 0. The number of nitrogens with zero attached hydrogens (tertiary/aromatic N) is 2. The number of aromatic nitrogens is 2. The number of ether oxygens (including phenoxy) is 1. The third kappa shape index (κ3) is 2.75. The zero-order valence-electron chi connectivity index (χ0n) is 11.1. The first-order chi connectivity index (χ1) is 9.74. The molecular formula is C15H17ClN2O2. The molecule has 4 nitrogen and oxygen atoms in total. The van der Waals surface area contributed by atoms with Gasteiger partial charge in [-0.2, -0.15) is 5.10 Å². The molecule has 1 heterocycles. The maximum absolute atomic E-state index is 9.31. The van der Waals surface area contributed by atoms with Gasteiger partial charge in [-0.25, -0.2) is 4.68 Å². The molecule has 0 amide bonds. The zero-order valence-corrected chi connectivity index (χ0v) is 11.9. The SMILES string of the molecule is Oc1ccc(-n2ncc(OC3CCCCC3)c2Cl)cc1. The van der Waals surface area contributed by atoms with Gasteiger partial charge in [0.1, 0.15) is 5.75 Å². The van der Waals surface area contributed by atoms with E-state index in [1.165, 1.54) is 19.3 Å². The smallest absolute Gasteiger partial charge is 0.177 e. The highest BCUT2D eigenvalue weighted by atomic mass is 35.5. The first kappa shape index (κ1) is 13.3. The predicted molar refractivity (Wildman–Crippen MR) is 77.7 cm³/mol. The highest BCUT2D eigenvalue weighted by Crippen LogP contribution is 2.30. The largest absolute Gasteiger partial charge is 0.508 e.